The molecule has 1 heterocycles. The first-order valence-corrected chi connectivity index (χ1v) is 6.54. The number of para-hydroxylation sites is 1. The zero-order valence-electron chi connectivity index (χ0n) is 10.9. The van der Waals surface area contributed by atoms with E-state index in [-0.39, 0.29) is 0 Å². The highest BCUT2D eigenvalue weighted by atomic mass is 15.2. The van der Waals surface area contributed by atoms with Crippen molar-refractivity contribution in [1.82, 2.24) is 4.98 Å². The Morgan fingerprint density at radius 2 is 2.06 bits per heavy atom. The van der Waals surface area contributed by atoms with Crippen molar-refractivity contribution < 1.29 is 0 Å². The minimum atomic E-state index is 0.540. The van der Waals surface area contributed by atoms with Crippen LogP contribution in [-0.2, 0) is 0 Å². The molecule has 1 aliphatic rings. The summed E-state index contributed by atoms with van der Waals surface area (Å²) in [6, 6.07) is 8.73. The number of aromatic nitrogens is 1. The van der Waals surface area contributed by atoms with E-state index in [4.69, 9.17) is 5.73 Å². The van der Waals surface area contributed by atoms with Crippen LogP contribution in [-0.4, -0.2) is 18.1 Å². The standard InChI is InChI=1S/C15H19N3/c1-10(11-7-8-11)18(2)15-12-5-3-4-6-14(12)17-9-13(15)16/h3-6,9-11H,7-8,16H2,1-2H3. The number of nitrogens with zero attached hydrogens (tertiary/aromatic N) is 2. The molecule has 1 fully saturated rings. The van der Waals surface area contributed by atoms with Gasteiger partial charge in [-0.3, -0.25) is 4.98 Å². The number of nitrogen functional groups attached to an aromatic ring is 1. The molecule has 1 aliphatic carbocycles. The second kappa shape index (κ2) is 4.16. The summed E-state index contributed by atoms with van der Waals surface area (Å²) in [4.78, 5) is 6.71. The summed E-state index contributed by atoms with van der Waals surface area (Å²) in [6.07, 6.45) is 4.45. The molecule has 3 heteroatoms. The number of benzene rings is 1. The van der Waals surface area contributed by atoms with Gasteiger partial charge in [0.05, 0.1) is 23.1 Å². The van der Waals surface area contributed by atoms with Crippen molar-refractivity contribution in [3.05, 3.63) is 30.5 Å². The van der Waals surface area contributed by atoms with Crippen molar-refractivity contribution >= 4 is 22.3 Å². The van der Waals surface area contributed by atoms with Gasteiger partial charge in [0, 0.05) is 18.5 Å². The van der Waals surface area contributed by atoms with E-state index in [2.05, 4.69) is 29.9 Å². The van der Waals surface area contributed by atoms with Crippen LogP contribution in [0.4, 0.5) is 11.4 Å². The van der Waals surface area contributed by atoms with Crippen molar-refractivity contribution in [2.45, 2.75) is 25.8 Å². The van der Waals surface area contributed by atoms with Gasteiger partial charge in [0.1, 0.15) is 0 Å². The number of fused-ring (bicyclic) bond motifs is 1. The summed E-state index contributed by atoms with van der Waals surface area (Å²) in [6.45, 7) is 2.28. The third-order valence-electron chi connectivity index (χ3n) is 4.04. The van der Waals surface area contributed by atoms with Gasteiger partial charge in [0.15, 0.2) is 0 Å². The van der Waals surface area contributed by atoms with E-state index in [1.54, 1.807) is 6.20 Å². The molecule has 1 saturated carbocycles. The average molecular weight is 241 g/mol. The Balaban J connectivity index is 2.11. The Morgan fingerprint density at radius 3 is 2.78 bits per heavy atom. The van der Waals surface area contributed by atoms with Crippen LogP contribution < -0.4 is 10.6 Å². The zero-order valence-corrected chi connectivity index (χ0v) is 10.9. The Kier molecular flexibility index (Phi) is 2.62. The topological polar surface area (TPSA) is 42.1 Å². The maximum absolute atomic E-state index is 6.14. The number of anilines is 2. The largest absolute Gasteiger partial charge is 0.396 e. The van der Waals surface area contributed by atoms with Crippen LogP contribution >= 0.6 is 0 Å². The number of rotatable bonds is 3. The molecule has 1 aromatic heterocycles. The van der Waals surface area contributed by atoms with E-state index < -0.39 is 0 Å². The van der Waals surface area contributed by atoms with Crippen LogP contribution in [0.5, 0.6) is 0 Å². The fraction of sp³-hybridized carbons (Fsp3) is 0.400. The summed E-state index contributed by atoms with van der Waals surface area (Å²) in [5.74, 6) is 0.821. The van der Waals surface area contributed by atoms with Crippen LogP contribution in [0.15, 0.2) is 30.5 Å². The van der Waals surface area contributed by atoms with Crippen LogP contribution in [0.2, 0.25) is 0 Å². The van der Waals surface area contributed by atoms with Crippen LogP contribution in [0.25, 0.3) is 10.9 Å². The Bertz CT molecular complexity index is 575. The quantitative estimate of drug-likeness (QED) is 0.898. The van der Waals surface area contributed by atoms with Gasteiger partial charge in [-0.1, -0.05) is 18.2 Å². The molecule has 18 heavy (non-hydrogen) atoms. The highest BCUT2D eigenvalue weighted by Crippen LogP contribution is 2.39. The van der Waals surface area contributed by atoms with Crippen molar-refractivity contribution in [3.63, 3.8) is 0 Å². The molecule has 0 radical (unpaired) electrons. The molecule has 0 aliphatic heterocycles. The normalized spacial score (nSPS) is 16.8. The van der Waals surface area contributed by atoms with Crippen molar-refractivity contribution in [2.75, 3.05) is 17.7 Å². The smallest absolute Gasteiger partial charge is 0.0745 e. The lowest BCUT2D eigenvalue weighted by Crippen LogP contribution is -2.31. The molecule has 3 nitrogen and oxygen atoms in total. The lowest BCUT2D eigenvalue weighted by atomic mass is 10.1. The van der Waals surface area contributed by atoms with Crippen molar-refractivity contribution in [1.29, 1.82) is 0 Å². The number of pyridine rings is 1. The average Bonchev–Trinajstić information content (AvgIpc) is 3.21. The fourth-order valence-electron chi connectivity index (χ4n) is 2.63. The second-order valence-electron chi connectivity index (χ2n) is 5.27. The first-order chi connectivity index (χ1) is 8.68. The van der Waals surface area contributed by atoms with E-state index in [0.717, 1.165) is 28.2 Å². The van der Waals surface area contributed by atoms with Gasteiger partial charge in [-0.2, -0.15) is 0 Å². The SMILES string of the molecule is CC(C1CC1)N(C)c1c(N)cnc2ccccc12. The van der Waals surface area contributed by atoms with Gasteiger partial charge in [-0.05, 0) is 31.7 Å². The van der Waals surface area contributed by atoms with E-state index in [9.17, 15) is 0 Å². The molecule has 0 amide bonds. The third-order valence-corrected chi connectivity index (χ3v) is 4.04. The predicted octanol–water partition coefficient (Wildman–Crippen LogP) is 3.05. The maximum atomic E-state index is 6.14. The van der Waals surface area contributed by atoms with Crippen molar-refractivity contribution in [3.8, 4) is 0 Å². The van der Waals surface area contributed by atoms with Gasteiger partial charge < -0.3 is 10.6 Å². The number of hydrogen-bond acceptors (Lipinski definition) is 3. The highest BCUT2D eigenvalue weighted by molar-refractivity contribution is 5.97. The molecule has 2 aromatic rings. The van der Waals surface area contributed by atoms with Crippen LogP contribution in [0.1, 0.15) is 19.8 Å². The van der Waals surface area contributed by atoms with Crippen LogP contribution in [0, 0.1) is 5.92 Å². The molecule has 0 spiro atoms. The fourth-order valence-corrected chi connectivity index (χ4v) is 2.63. The third kappa shape index (κ3) is 1.80. The molecule has 1 aromatic carbocycles. The van der Waals surface area contributed by atoms with Crippen LogP contribution in [0.3, 0.4) is 0 Å². The molecule has 0 saturated heterocycles. The molecule has 1 atom stereocenters. The van der Waals surface area contributed by atoms with E-state index >= 15 is 0 Å². The summed E-state index contributed by atoms with van der Waals surface area (Å²) >= 11 is 0. The Morgan fingerprint density at radius 1 is 1.33 bits per heavy atom. The maximum Gasteiger partial charge on any atom is 0.0745 e. The summed E-state index contributed by atoms with van der Waals surface area (Å²) in [5.41, 5.74) is 9.04. The van der Waals surface area contributed by atoms with Gasteiger partial charge in [-0.25, -0.2) is 0 Å². The van der Waals surface area contributed by atoms with Crippen molar-refractivity contribution in [2.24, 2.45) is 5.92 Å². The van der Waals surface area contributed by atoms with E-state index in [0.29, 0.717) is 6.04 Å². The number of hydrogen-bond donors (Lipinski definition) is 1. The van der Waals surface area contributed by atoms with E-state index in [1.165, 1.54) is 12.8 Å². The van der Waals surface area contributed by atoms with Gasteiger partial charge in [-0.15, -0.1) is 0 Å². The highest BCUT2D eigenvalue weighted by Gasteiger charge is 2.31. The lowest BCUT2D eigenvalue weighted by molar-refractivity contribution is 0.611. The van der Waals surface area contributed by atoms with E-state index in [1.807, 2.05) is 18.2 Å². The number of nitrogens with two attached hydrogens (primary N) is 1. The zero-order chi connectivity index (χ0) is 12.7. The molecule has 2 N–H and O–H groups in total. The second-order valence-corrected chi connectivity index (χ2v) is 5.27. The monoisotopic (exact) mass is 241 g/mol. The molecule has 3 rings (SSSR count). The lowest BCUT2D eigenvalue weighted by Gasteiger charge is -2.29. The summed E-state index contributed by atoms with van der Waals surface area (Å²) < 4.78 is 0. The summed E-state index contributed by atoms with van der Waals surface area (Å²) in [5, 5.41) is 1.15. The molecule has 94 valence electrons. The first-order valence-electron chi connectivity index (χ1n) is 6.54. The predicted molar refractivity (Wildman–Crippen MR) is 76.7 cm³/mol. The van der Waals surface area contributed by atoms with Gasteiger partial charge >= 0.3 is 0 Å². The minimum Gasteiger partial charge on any atom is -0.396 e. The van der Waals surface area contributed by atoms with Gasteiger partial charge in [0.2, 0.25) is 0 Å². The summed E-state index contributed by atoms with van der Waals surface area (Å²) in [7, 11) is 2.14. The molecule has 0 bridgehead atoms. The molecule has 1 unspecified atom stereocenters. The Labute approximate surface area is 108 Å². The molecular formula is C15H19N3. The first kappa shape index (κ1) is 11.3. The Hall–Kier alpha value is -1.77. The molecular weight excluding hydrogens is 222 g/mol. The minimum absolute atomic E-state index is 0.540. The van der Waals surface area contributed by atoms with Gasteiger partial charge in [0.25, 0.3) is 0 Å².